The first kappa shape index (κ1) is 15.3. The predicted octanol–water partition coefficient (Wildman–Crippen LogP) is 1.75. The number of rotatable bonds is 7. The fourth-order valence-electron chi connectivity index (χ4n) is 2.73. The Kier molecular flexibility index (Phi) is 6.47. The highest BCUT2D eigenvalue weighted by atomic mass is 16.3. The summed E-state index contributed by atoms with van der Waals surface area (Å²) in [6.07, 6.45) is 5.25. The Morgan fingerprint density at radius 3 is 2.50 bits per heavy atom. The standard InChI is InChI=1S/C14H29N3O/c1-4-15-13(16-8-9-18)17-11-14(6-5-7-14)10-12(2)3/h12,18H,4-11H2,1-3H3,(H2,15,16,17). The van der Waals surface area contributed by atoms with E-state index in [4.69, 9.17) is 5.11 Å². The molecule has 0 spiro atoms. The van der Waals surface area contributed by atoms with Crippen molar-refractivity contribution in [3.05, 3.63) is 0 Å². The molecule has 1 aliphatic rings. The minimum atomic E-state index is 0.140. The first-order valence-electron chi connectivity index (χ1n) is 7.25. The van der Waals surface area contributed by atoms with E-state index in [1.807, 2.05) is 0 Å². The monoisotopic (exact) mass is 255 g/mol. The van der Waals surface area contributed by atoms with E-state index in [0.717, 1.165) is 25.0 Å². The maximum absolute atomic E-state index is 8.84. The zero-order valence-corrected chi connectivity index (χ0v) is 12.1. The lowest BCUT2D eigenvalue weighted by molar-refractivity contribution is 0.111. The summed E-state index contributed by atoms with van der Waals surface area (Å²) >= 11 is 0. The van der Waals surface area contributed by atoms with Crippen molar-refractivity contribution in [2.45, 2.75) is 46.5 Å². The number of hydrogen-bond acceptors (Lipinski definition) is 2. The van der Waals surface area contributed by atoms with E-state index < -0.39 is 0 Å². The van der Waals surface area contributed by atoms with Gasteiger partial charge in [0, 0.05) is 19.6 Å². The zero-order chi connectivity index (χ0) is 13.4. The quantitative estimate of drug-likeness (QED) is 0.480. The third-order valence-electron chi connectivity index (χ3n) is 3.58. The number of aliphatic imine (C=N–C) groups is 1. The Labute approximate surface area is 111 Å². The van der Waals surface area contributed by atoms with Gasteiger partial charge in [0.2, 0.25) is 0 Å². The van der Waals surface area contributed by atoms with Crippen molar-refractivity contribution in [2.75, 3.05) is 26.2 Å². The van der Waals surface area contributed by atoms with Crippen LogP contribution in [0.2, 0.25) is 0 Å². The van der Waals surface area contributed by atoms with Crippen molar-refractivity contribution in [2.24, 2.45) is 16.3 Å². The molecule has 3 N–H and O–H groups in total. The first-order valence-corrected chi connectivity index (χ1v) is 7.25. The van der Waals surface area contributed by atoms with Crippen LogP contribution in [0.1, 0.15) is 46.5 Å². The normalized spacial score (nSPS) is 18.6. The summed E-state index contributed by atoms with van der Waals surface area (Å²) in [5.74, 6) is 1.58. The average Bonchev–Trinajstić information content (AvgIpc) is 2.28. The van der Waals surface area contributed by atoms with Gasteiger partial charge in [0.05, 0.1) is 6.61 Å². The first-order chi connectivity index (χ1) is 8.62. The average molecular weight is 255 g/mol. The molecule has 0 saturated heterocycles. The van der Waals surface area contributed by atoms with Crippen LogP contribution in [0.5, 0.6) is 0 Å². The summed E-state index contributed by atoms with van der Waals surface area (Å²) in [5.41, 5.74) is 0.440. The number of nitrogens with one attached hydrogen (secondary N) is 2. The van der Waals surface area contributed by atoms with Crippen LogP contribution in [0.15, 0.2) is 4.99 Å². The number of aliphatic hydroxyl groups is 1. The van der Waals surface area contributed by atoms with Gasteiger partial charge in [0.25, 0.3) is 0 Å². The largest absolute Gasteiger partial charge is 0.395 e. The van der Waals surface area contributed by atoms with E-state index in [1.54, 1.807) is 0 Å². The molecule has 18 heavy (non-hydrogen) atoms. The number of guanidine groups is 1. The molecule has 0 heterocycles. The molecule has 4 nitrogen and oxygen atoms in total. The number of nitrogens with zero attached hydrogens (tertiary/aromatic N) is 1. The summed E-state index contributed by atoms with van der Waals surface area (Å²) in [7, 11) is 0. The molecule has 106 valence electrons. The number of aliphatic hydroxyl groups excluding tert-OH is 1. The second-order valence-corrected chi connectivity index (χ2v) is 5.80. The topological polar surface area (TPSA) is 56.7 Å². The van der Waals surface area contributed by atoms with Gasteiger partial charge in [0.1, 0.15) is 0 Å². The SMILES string of the molecule is CCNC(=NCC1(CC(C)C)CCC1)NCCO. The molecule has 0 aromatic heterocycles. The van der Waals surface area contributed by atoms with E-state index in [0.29, 0.717) is 12.0 Å². The van der Waals surface area contributed by atoms with Crippen LogP contribution in [0, 0.1) is 11.3 Å². The second-order valence-electron chi connectivity index (χ2n) is 5.80. The lowest BCUT2D eigenvalue weighted by Gasteiger charge is -2.42. The maximum Gasteiger partial charge on any atom is 0.191 e. The third kappa shape index (κ3) is 4.84. The van der Waals surface area contributed by atoms with Crippen molar-refractivity contribution < 1.29 is 5.11 Å². The molecule has 0 atom stereocenters. The van der Waals surface area contributed by atoms with Crippen molar-refractivity contribution >= 4 is 5.96 Å². The molecule has 1 rings (SSSR count). The highest BCUT2D eigenvalue weighted by molar-refractivity contribution is 5.79. The van der Waals surface area contributed by atoms with Crippen LogP contribution in [-0.4, -0.2) is 37.3 Å². The Morgan fingerprint density at radius 2 is 2.06 bits per heavy atom. The second kappa shape index (κ2) is 7.62. The van der Waals surface area contributed by atoms with Gasteiger partial charge < -0.3 is 15.7 Å². The zero-order valence-electron chi connectivity index (χ0n) is 12.1. The summed E-state index contributed by atoms with van der Waals surface area (Å²) < 4.78 is 0. The van der Waals surface area contributed by atoms with Gasteiger partial charge in [-0.2, -0.15) is 0 Å². The molecule has 0 bridgehead atoms. The van der Waals surface area contributed by atoms with Crippen LogP contribution in [0.4, 0.5) is 0 Å². The summed E-state index contributed by atoms with van der Waals surface area (Å²) in [6, 6.07) is 0. The van der Waals surface area contributed by atoms with Gasteiger partial charge in [-0.15, -0.1) is 0 Å². The molecule has 1 fully saturated rings. The van der Waals surface area contributed by atoms with Gasteiger partial charge in [-0.1, -0.05) is 20.3 Å². The van der Waals surface area contributed by atoms with Gasteiger partial charge >= 0.3 is 0 Å². The van der Waals surface area contributed by atoms with E-state index in [1.165, 1.54) is 25.7 Å². The molecule has 0 aromatic carbocycles. The molecule has 0 aromatic rings. The lowest BCUT2D eigenvalue weighted by Crippen LogP contribution is -2.41. The summed E-state index contributed by atoms with van der Waals surface area (Å²) in [4.78, 5) is 4.68. The Balaban J connectivity index is 2.50. The van der Waals surface area contributed by atoms with Crippen molar-refractivity contribution in [3.63, 3.8) is 0 Å². The van der Waals surface area contributed by atoms with E-state index in [9.17, 15) is 0 Å². The molecule has 0 radical (unpaired) electrons. The van der Waals surface area contributed by atoms with Crippen LogP contribution in [0.25, 0.3) is 0 Å². The highest BCUT2D eigenvalue weighted by Crippen LogP contribution is 2.46. The third-order valence-corrected chi connectivity index (χ3v) is 3.58. The predicted molar refractivity (Wildman–Crippen MR) is 76.8 cm³/mol. The Hall–Kier alpha value is -0.770. The van der Waals surface area contributed by atoms with Crippen molar-refractivity contribution in [3.8, 4) is 0 Å². The molecule has 1 saturated carbocycles. The molecule has 0 amide bonds. The fourth-order valence-corrected chi connectivity index (χ4v) is 2.73. The summed E-state index contributed by atoms with van der Waals surface area (Å²) in [6.45, 7) is 9.10. The van der Waals surface area contributed by atoms with Crippen LogP contribution in [-0.2, 0) is 0 Å². The van der Waals surface area contributed by atoms with Crippen LogP contribution >= 0.6 is 0 Å². The van der Waals surface area contributed by atoms with E-state index >= 15 is 0 Å². The van der Waals surface area contributed by atoms with Crippen molar-refractivity contribution in [1.82, 2.24) is 10.6 Å². The molecular weight excluding hydrogens is 226 g/mol. The van der Waals surface area contributed by atoms with E-state index in [-0.39, 0.29) is 6.61 Å². The molecule has 1 aliphatic carbocycles. The van der Waals surface area contributed by atoms with Gasteiger partial charge in [-0.25, -0.2) is 0 Å². The molecular formula is C14H29N3O. The van der Waals surface area contributed by atoms with Gasteiger partial charge in [-0.3, -0.25) is 4.99 Å². The summed E-state index contributed by atoms with van der Waals surface area (Å²) in [5, 5.41) is 15.2. The Bertz CT molecular complexity index is 260. The number of hydrogen-bond donors (Lipinski definition) is 3. The smallest absolute Gasteiger partial charge is 0.191 e. The van der Waals surface area contributed by atoms with Gasteiger partial charge in [0.15, 0.2) is 5.96 Å². The molecule has 0 aliphatic heterocycles. The minimum absolute atomic E-state index is 0.140. The molecule has 4 heteroatoms. The maximum atomic E-state index is 8.84. The van der Waals surface area contributed by atoms with Crippen molar-refractivity contribution in [1.29, 1.82) is 0 Å². The van der Waals surface area contributed by atoms with Crippen LogP contribution in [0.3, 0.4) is 0 Å². The fraction of sp³-hybridized carbons (Fsp3) is 0.929. The van der Waals surface area contributed by atoms with E-state index in [2.05, 4.69) is 36.4 Å². The lowest BCUT2D eigenvalue weighted by atomic mass is 9.64. The molecule has 0 unspecified atom stereocenters. The highest BCUT2D eigenvalue weighted by Gasteiger charge is 2.37. The Morgan fingerprint density at radius 1 is 1.33 bits per heavy atom. The van der Waals surface area contributed by atoms with Gasteiger partial charge in [-0.05, 0) is 37.5 Å². The minimum Gasteiger partial charge on any atom is -0.395 e. The van der Waals surface area contributed by atoms with Crippen LogP contribution < -0.4 is 10.6 Å².